The smallest absolute Gasteiger partial charge is 0.328 e. The van der Waals surface area contributed by atoms with Gasteiger partial charge in [0.1, 0.15) is 5.82 Å². The van der Waals surface area contributed by atoms with Crippen molar-refractivity contribution >= 4 is 29.3 Å². The van der Waals surface area contributed by atoms with Crippen molar-refractivity contribution < 1.29 is 33.7 Å². The SMILES string of the molecule is CCCOCC(CN(C(=O)Nc1ccc(F)cc1)c1ccccc1)N(CC)CC.O=C(O)/C=C/C(=O)O. The molecule has 2 rings (SSSR count). The lowest BCUT2D eigenvalue weighted by Crippen LogP contribution is -2.49. The summed E-state index contributed by atoms with van der Waals surface area (Å²) in [6.45, 7) is 9.80. The predicted octanol–water partition coefficient (Wildman–Crippen LogP) is 4.71. The average Bonchev–Trinajstić information content (AvgIpc) is 2.88. The topological polar surface area (TPSA) is 119 Å². The number of carbonyl (C=O) groups excluding carboxylic acids is 1. The number of carboxylic acid groups (broad SMARTS) is 2. The molecule has 9 nitrogen and oxygen atoms in total. The molecule has 1 unspecified atom stereocenters. The van der Waals surface area contributed by atoms with E-state index in [-0.39, 0.29) is 17.9 Å². The molecule has 0 radical (unpaired) electrons. The van der Waals surface area contributed by atoms with Gasteiger partial charge in [-0.3, -0.25) is 9.80 Å². The second kappa shape index (κ2) is 17.6. The Morgan fingerprint density at radius 2 is 1.51 bits per heavy atom. The molecule has 202 valence electrons. The number of halogens is 1. The van der Waals surface area contributed by atoms with E-state index in [1.165, 1.54) is 12.1 Å². The molecular formula is C27H36FN3O6. The van der Waals surface area contributed by atoms with Crippen LogP contribution in [0.25, 0.3) is 0 Å². The third-order valence-electron chi connectivity index (χ3n) is 5.16. The van der Waals surface area contributed by atoms with E-state index in [4.69, 9.17) is 14.9 Å². The van der Waals surface area contributed by atoms with E-state index in [0.717, 1.165) is 25.2 Å². The number of hydrogen-bond donors (Lipinski definition) is 3. The summed E-state index contributed by atoms with van der Waals surface area (Å²) in [5, 5.41) is 18.5. The van der Waals surface area contributed by atoms with Crippen LogP contribution in [0.2, 0.25) is 0 Å². The van der Waals surface area contributed by atoms with Gasteiger partial charge < -0.3 is 20.3 Å². The van der Waals surface area contributed by atoms with Crippen LogP contribution in [0.1, 0.15) is 27.2 Å². The van der Waals surface area contributed by atoms with Crippen LogP contribution < -0.4 is 10.2 Å². The van der Waals surface area contributed by atoms with E-state index < -0.39 is 11.9 Å². The molecule has 0 saturated heterocycles. The number of hydrogen-bond acceptors (Lipinski definition) is 5. The fourth-order valence-electron chi connectivity index (χ4n) is 3.37. The first kappa shape index (κ1) is 31.3. The second-order valence-electron chi connectivity index (χ2n) is 7.84. The molecule has 0 bridgehead atoms. The minimum atomic E-state index is -1.26. The second-order valence-corrected chi connectivity index (χ2v) is 7.84. The van der Waals surface area contributed by atoms with E-state index in [9.17, 15) is 18.8 Å². The summed E-state index contributed by atoms with van der Waals surface area (Å²) in [7, 11) is 0. The van der Waals surface area contributed by atoms with E-state index in [2.05, 4.69) is 31.0 Å². The Morgan fingerprint density at radius 3 is 2.00 bits per heavy atom. The van der Waals surface area contributed by atoms with Crippen LogP contribution in [0.15, 0.2) is 66.7 Å². The summed E-state index contributed by atoms with van der Waals surface area (Å²) in [5.41, 5.74) is 1.36. The lowest BCUT2D eigenvalue weighted by atomic mass is 10.2. The molecule has 3 N–H and O–H groups in total. The maximum Gasteiger partial charge on any atom is 0.328 e. The molecule has 0 aliphatic rings. The van der Waals surface area contributed by atoms with Gasteiger partial charge in [-0.05, 0) is 55.9 Å². The van der Waals surface area contributed by atoms with Crippen molar-refractivity contribution in [2.24, 2.45) is 0 Å². The fraction of sp³-hybridized carbons (Fsp3) is 0.370. The van der Waals surface area contributed by atoms with Crippen LogP contribution in [0.5, 0.6) is 0 Å². The molecule has 10 heteroatoms. The van der Waals surface area contributed by atoms with Crippen LogP contribution in [0, 0.1) is 5.82 Å². The zero-order chi connectivity index (χ0) is 27.6. The number of para-hydroxylation sites is 1. The van der Waals surface area contributed by atoms with Crippen molar-refractivity contribution in [1.82, 2.24) is 4.90 Å². The highest BCUT2D eigenvalue weighted by atomic mass is 19.1. The highest BCUT2D eigenvalue weighted by molar-refractivity contribution is 6.01. The lowest BCUT2D eigenvalue weighted by molar-refractivity contribution is -0.134. The monoisotopic (exact) mass is 517 g/mol. The summed E-state index contributed by atoms with van der Waals surface area (Å²) < 4.78 is 19.0. The normalized spacial score (nSPS) is 11.5. The summed E-state index contributed by atoms with van der Waals surface area (Å²) in [5.74, 6) is -2.85. The Labute approximate surface area is 217 Å². The molecule has 0 fully saturated rings. The summed E-state index contributed by atoms with van der Waals surface area (Å²) >= 11 is 0. The minimum Gasteiger partial charge on any atom is -0.478 e. The highest BCUT2D eigenvalue weighted by Crippen LogP contribution is 2.18. The first-order valence-electron chi connectivity index (χ1n) is 12.1. The number of rotatable bonds is 13. The minimum absolute atomic E-state index is 0.0655. The molecule has 0 spiro atoms. The van der Waals surface area contributed by atoms with Crippen molar-refractivity contribution in [3.8, 4) is 0 Å². The zero-order valence-electron chi connectivity index (χ0n) is 21.5. The number of likely N-dealkylation sites (N-methyl/N-ethyl adjacent to an activating group) is 1. The Balaban J connectivity index is 0.000000738. The molecule has 2 amide bonds. The highest BCUT2D eigenvalue weighted by Gasteiger charge is 2.24. The number of aliphatic carboxylic acids is 2. The van der Waals surface area contributed by atoms with E-state index >= 15 is 0 Å². The standard InChI is InChI=1S/C23H32FN3O2.C4H4O4/c1-4-16-29-18-22(26(5-2)6-3)17-27(21-10-8-7-9-11-21)23(28)25-20-14-12-19(24)13-15-20;5-3(6)1-2-4(7)8/h7-15,22H,4-6,16-18H2,1-3H3,(H,25,28);1-2H,(H,5,6)(H,7,8)/b;2-1+. The molecule has 0 heterocycles. The van der Waals surface area contributed by atoms with Crippen LogP contribution in [0.3, 0.4) is 0 Å². The number of carbonyl (C=O) groups is 3. The van der Waals surface area contributed by atoms with Gasteiger partial charge in [0.15, 0.2) is 0 Å². The number of nitrogens with zero attached hydrogens (tertiary/aromatic N) is 2. The van der Waals surface area contributed by atoms with Gasteiger partial charge in [-0.25, -0.2) is 18.8 Å². The van der Waals surface area contributed by atoms with Crippen molar-refractivity contribution in [2.45, 2.75) is 33.2 Å². The Morgan fingerprint density at radius 1 is 0.946 bits per heavy atom. The summed E-state index contributed by atoms with van der Waals surface area (Å²) in [4.78, 5) is 36.3. The fourth-order valence-corrected chi connectivity index (χ4v) is 3.37. The largest absolute Gasteiger partial charge is 0.478 e. The number of nitrogens with one attached hydrogen (secondary N) is 1. The third-order valence-corrected chi connectivity index (χ3v) is 5.16. The van der Waals surface area contributed by atoms with Gasteiger partial charge in [0.2, 0.25) is 0 Å². The number of benzene rings is 2. The number of carboxylic acids is 2. The Kier molecular flexibility index (Phi) is 14.9. The van der Waals surface area contributed by atoms with Gasteiger partial charge in [0.05, 0.1) is 12.6 Å². The molecule has 0 aliphatic carbocycles. The first-order valence-corrected chi connectivity index (χ1v) is 12.1. The van der Waals surface area contributed by atoms with Crippen LogP contribution in [-0.2, 0) is 14.3 Å². The van der Waals surface area contributed by atoms with Gasteiger partial charge >= 0.3 is 18.0 Å². The Hall–Kier alpha value is -3.76. The van der Waals surface area contributed by atoms with Crippen molar-refractivity contribution in [1.29, 1.82) is 0 Å². The van der Waals surface area contributed by atoms with Gasteiger partial charge in [-0.1, -0.05) is 39.0 Å². The van der Waals surface area contributed by atoms with Crippen molar-refractivity contribution in [3.05, 3.63) is 72.6 Å². The first-order chi connectivity index (χ1) is 17.7. The van der Waals surface area contributed by atoms with E-state index in [1.807, 2.05) is 30.3 Å². The number of urea groups is 1. The van der Waals surface area contributed by atoms with Gasteiger partial charge in [0, 0.05) is 36.7 Å². The van der Waals surface area contributed by atoms with Crippen molar-refractivity contribution in [3.63, 3.8) is 0 Å². The summed E-state index contributed by atoms with van der Waals surface area (Å²) in [6.07, 6.45) is 2.07. The maximum absolute atomic E-state index is 13.2. The van der Waals surface area contributed by atoms with E-state index in [1.54, 1.807) is 17.0 Å². The average molecular weight is 518 g/mol. The molecule has 2 aromatic carbocycles. The molecule has 0 aliphatic heterocycles. The molecular weight excluding hydrogens is 481 g/mol. The molecule has 37 heavy (non-hydrogen) atoms. The quantitative estimate of drug-likeness (QED) is 0.260. The Bertz CT molecular complexity index is 965. The van der Waals surface area contributed by atoms with Gasteiger partial charge in [-0.15, -0.1) is 0 Å². The zero-order valence-corrected chi connectivity index (χ0v) is 21.5. The van der Waals surface area contributed by atoms with Crippen LogP contribution in [-0.4, -0.2) is 72.0 Å². The summed E-state index contributed by atoms with van der Waals surface area (Å²) in [6, 6.07) is 15.2. The van der Waals surface area contributed by atoms with Crippen LogP contribution >= 0.6 is 0 Å². The number of ether oxygens (including phenoxy) is 1. The maximum atomic E-state index is 13.2. The predicted molar refractivity (Wildman–Crippen MR) is 141 cm³/mol. The molecule has 0 aromatic heterocycles. The lowest BCUT2D eigenvalue weighted by Gasteiger charge is -2.34. The third kappa shape index (κ3) is 12.7. The van der Waals surface area contributed by atoms with Crippen LogP contribution in [0.4, 0.5) is 20.6 Å². The molecule has 2 aromatic rings. The number of amides is 2. The number of anilines is 2. The molecule has 0 saturated carbocycles. The molecule has 1 atom stereocenters. The van der Waals surface area contributed by atoms with Crippen molar-refractivity contribution in [2.75, 3.05) is 43.1 Å². The van der Waals surface area contributed by atoms with Gasteiger partial charge in [-0.2, -0.15) is 0 Å². The van der Waals surface area contributed by atoms with E-state index in [0.29, 0.717) is 37.6 Å². The van der Waals surface area contributed by atoms with Gasteiger partial charge in [0.25, 0.3) is 0 Å².